The summed E-state index contributed by atoms with van der Waals surface area (Å²) < 4.78 is 29.7. The SMILES string of the molecule is Cc1c(C(C)C(=O)O)c2c(F)c(O)c(F)cc2n1C(=O)c1ccc(Cl)c(Cl)c1. The van der Waals surface area contributed by atoms with E-state index < -0.39 is 35.2 Å². The van der Waals surface area contributed by atoms with Crippen molar-refractivity contribution in [3.8, 4) is 5.75 Å². The summed E-state index contributed by atoms with van der Waals surface area (Å²) in [6, 6.07) is 4.86. The minimum Gasteiger partial charge on any atom is -0.503 e. The van der Waals surface area contributed by atoms with Crippen LogP contribution in [0.1, 0.15) is 34.5 Å². The van der Waals surface area contributed by atoms with Crippen LogP contribution in [0.5, 0.6) is 5.75 Å². The molecule has 9 heteroatoms. The summed E-state index contributed by atoms with van der Waals surface area (Å²) in [5.74, 6) is -7.03. The van der Waals surface area contributed by atoms with Crippen LogP contribution in [0, 0.1) is 18.6 Å². The number of phenolic OH excluding ortho intramolecular Hbond substituents is 1. The van der Waals surface area contributed by atoms with Crippen LogP contribution in [0.3, 0.4) is 0 Å². The molecule has 0 fully saturated rings. The van der Waals surface area contributed by atoms with E-state index in [9.17, 15) is 28.6 Å². The quantitative estimate of drug-likeness (QED) is 0.607. The molecule has 3 rings (SSSR count). The number of aromatic nitrogens is 1. The lowest BCUT2D eigenvalue weighted by molar-refractivity contribution is -0.138. The van der Waals surface area contributed by atoms with E-state index in [1.807, 2.05) is 0 Å². The van der Waals surface area contributed by atoms with Gasteiger partial charge < -0.3 is 10.2 Å². The van der Waals surface area contributed by atoms with Gasteiger partial charge >= 0.3 is 5.97 Å². The van der Waals surface area contributed by atoms with Gasteiger partial charge in [0.25, 0.3) is 5.91 Å². The van der Waals surface area contributed by atoms with Crippen LogP contribution in [0.15, 0.2) is 24.3 Å². The second-order valence-corrected chi connectivity index (χ2v) is 7.06. The average molecular weight is 428 g/mol. The summed E-state index contributed by atoms with van der Waals surface area (Å²) in [5.41, 5.74) is -0.0594. The molecule has 1 aromatic heterocycles. The van der Waals surface area contributed by atoms with Gasteiger partial charge in [0, 0.05) is 22.7 Å². The number of hydrogen-bond donors (Lipinski definition) is 2. The van der Waals surface area contributed by atoms with Gasteiger partial charge in [-0.15, -0.1) is 0 Å². The highest BCUT2D eigenvalue weighted by Crippen LogP contribution is 2.38. The normalized spacial score (nSPS) is 12.4. The molecule has 28 heavy (non-hydrogen) atoms. The van der Waals surface area contributed by atoms with Gasteiger partial charge in [-0.3, -0.25) is 14.2 Å². The van der Waals surface area contributed by atoms with Crippen LogP contribution < -0.4 is 0 Å². The third-order valence-electron chi connectivity index (χ3n) is 4.58. The monoisotopic (exact) mass is 427 g/mol. The Morgan fingerprint density at radius 1 is 1.14 bits per heavy atom. The standard InChI is InChI=1S/C19H13Cl2F2NO4/c1-7(19(27)28)14-8(2)24(13-6-12(22)17(25)16(23)15(13)14)18(26)9-3-4-10(20)11(21)5-9/h3-7,25H,1-2H3,(H,27,28). The van der Waals surface area contributed by atoms with Gasteiger partial charge in [-0.25, -0.2) is 8.78 Å². The van der Waals surface area contributed by atoms with Gasteiger partial charge in [0.2, 0.25) is 0 Å². The van der Waals surface area contributed by atoms with E-state index in [1.165, 1.54) is 32.0 Å². The third-order valence-corrected chi connectivity index (χ3v) is 5.32. The largest absolute Gasteiger partial charge is 0.503 e. The maximum absolute atomic E-state index is 14.7. The van der Waals surface area contributed by atoms with E-state index in [0.717, 1.165) is 10.6 Å². The van der Waals surface area contributed by atoms with E-state index in [1.54, 1.807) is 0 Å². The Bertz CT molecular complexity index is 1160. The van der Waals surface area contributed by atoms with Crippen molar-refractivity contribution < 1.29 is 28.6 Å². The van der Waals surface area contributed by atoms with Gasteiger partial charge in [0.1, 0.15) is 0 Å². The third kappa shape index (κ3) is 3.00. The number of carbonyl (C=O) groups is 2. The molecule has 0 aliphatic carbocycles. The number of hydrogen-bond acceptors (Lipinski definition) is 3. The maximum atomic E-state index is 14.7. The van der Waals surface area contributed by atoms with Crippen molar-refractivity contribution in [3.63, 3.8) is 0 Å². The molecule has 1 unspecified atom stereocenters. The fourth-order valence-electron chi connectivity index (χ4n) is 3.18. The van der Waals surface area contributed by atoms with Crippen LogP contribution in [0.4, 0.5) is 8.78 Å². The van der Waals surface area contributed by atoms with Gasteiger partial charge in [-0.1, -0.05) is 23.2 Å². The van der Waals surface area contributed by atoms with Gasteiger partial charge in [0.15, 0.2) is 17.4 Å². The zero-order chi connectivity index (χ0) is 20.9. The molecule has 2 aromatic carbocycles. The molecule has 0 aliphatic rings. The first-order valence-corrected chi connectivity index (χ1v) is 8.76. The molecule has 3 aromatic rings. The van der Waals surface area contributed by atoms with E-state index >= 15 is 0 Å². The number of nitrogens with zero attached hydrogens (tertiary/aromatic N) is 1. The van der Waals surface area contributed by atoms with Crippen molar-refractivity contribution in [1.29, 1.82) is 0 Å². The molecule has 0 radical (unpaired) electrons. The highest BCUT2D eigenvalue weighted by Gasteiger charge is 2.30. The number of aromatic hydroxyl groups is 1. The smallest absolute Gasteiger partial charge is 0.310 e. The number of benzene rings is 2. The Kier molecular flexibility index (Phi) is 5.08. The predicted octanol–water partition coefficient (Wildman–Crippen LogP) is 5.12. The summed E-state index contributed by atoms with van der Waals surface area (Å²) >= 11 is 11.8. The molecule has 1 atom stereocenters. The molecule has 146 valence electrons. The first-order valence-electron chi connectivity index (χ1n) is 8.00. The van der Waals surface area contributed by atoms with E-state index in [-0.39, 0.29) is 37.8 Å². The summed E-state index contributed by atoms with van der Waals surface area (Å²) in [7, 11) is 0. The van der Waals surface area contributed by atoms with Crippen LogP contribution in [0.2, 0.25) is 10.0 Å². The van der Waals surface area contributed by atoms with Crippen LogP contribution in [-0.2, 0) is 4.79 Å². The number of phenols is 1. The fraction of sp³-hybridized carbons (Fsp3) is 0.158. The van der Waals surface area contributed by atoms with Crippen molar-refractivity contribution in [2.75, 3.05) is 0 Å². The Morgan fingerprint density at radius 3 is 2.36 bits per heavy atom. The Hall–Kier alpha value is -2.64. The lowest BCUT2D eigenvalue weighted by Gasteiger charge is -2.10. The number of halogens is 4. The Balaban J connectivity index is 2.39. The summed E-state index contributed by atoms with van der Waals surface area (Å²) in [6.45, 7) is 2.72. The summed E-state index contributed by atoms with van der Waals surface area (Å²) in [4.78, 5) is 24.6. The Labute approximate surface area is 167 Å². The zero-order valence-electron chi connectivity index (χ0n) is 14.6. The minimum absolute atomic E-state index is 0.0382. The molecule has 1 heterocycles. The molecule has 0 saturated carbocycles. The summed E-state index contributed by atoms with van der Waals surface area (Å²) in [5, 5.41) is 19.0. The first-order chi connectivity index (χ1) is 13.1. The maximum Gasteiger partial charge on any atom is 0.310 e. The van der Waals surface area contributed by atoms with Crippen molar-refractivity contribution in [2.24, 2.45) is 0 Å². The van der Waals surface area contributed by atoms with E-state index in [4.69, 9.17) is 23.2 Å². The van der Waals surface area contributed by atoms with Crippen LogP contribution in [0.25, 0.3) is 10.9 Å². The number of fused-ring (bicyclic) bond motifs is 1. The number of carboxylic acids is 1. The predicted molar refractivity (Wildman–Crippen MR) is 100 cm³/mol. The number of carboxylic acid groups (broad SMARTS) is 1. The van der Waals surface area contributed by atoms with E-state index in [2.05, 4.69) is 0 Å². The van der Waals surface area contributed by atoms with Crippen molar-refractivity contribution in [3.05, 3.63) is 62.8 Å². The Morgan fingerprint density at radius 2 is 1.79 bits per heavy atom. The van der Waals surface area contributed by atoms with Crippen LogP contribution >= 0.6 is 23.2 Å². The fourth-order valence-corrected chi connectivity index (χ4v) is 3.48. The molecule has 0 bridgehead atoms. The molecule has 2 N–H and O–H groups in total. The molecule has 0 aliphatic heterocycles. The van der Waals surface area contributed by atoms with Crippen molar-refractivity contribution >= 4 is 46.0 Å². The molecule has 0 saturated heterocycles. The second kappa shape index (κ2) is 7.07. The topological polar surface area (TPSA) is 79.5 Å². The zero-order valence-corrected chi connectivity index (χ0v) is 16.1. The lowest BCUT2D eigenvalue weighted by Crippen LogP contribution is -2.15. The van der Waals surface area contributed by atoms with Crippen molar-refractivity contribution in [2.45, 2.75) is 19.8 Å². The van der Waals surface area contributed by atoms with E-state index in [0.29, 0.717) is 0 Å². The number of aliphatic carboxylic acids is 1. The van der Waals surface area contributed by atoms with Crippen molar-refractivity contribution in [1.82, 2.24) is 4.57 Å². The first kappa shape index (κ1) is 20.1. The molecule has 0 spiro atoms. The number of carbonyl (C=O) groups excluding carboxylic acids is 1. The molecular formula is C19H13Cl2F2NO4. The molecule has 5 nitrogen and oxygen atoms in total. The van der Waals surface area contributed by atoms with Gasteiger partial charge in [0.05, 0.1) is 21.5 Å². The van der Waals surface area contributed by atoms with Gasteiger partial charge in [-0.2, -0.15) is 0 Å². The van der Waals surface area contributed by atoms with Gasteiger partial charge in [-0.05, 0) is 37.6 Å². The minimum atomic E-state index is -1.33. The summed E-state index contributed by atoms with van der Waals surface area (Å²) in [6.07, 6.45) is 0. The lowest BCUT2D eigenvalue weighted by atomic mass is 9.97. The molecule has 0 amide bonds. The number of rotatable bonds is 3. The highest BCUT2D eigenvalue weighted by atomic mass is 35.5. The van der Waals surface area contributed by atoms with Crippen LogP contribution in [-0.4, -0.2) is 26.7 Å². The highest BCUT2D eigenvalue weighted by molar-refractivity contribution is 6.42. The second-order valence-electron chi connectivity index (χ2n) is 6.24. The average Bonchev–Trinajstić information content (AvgIpc) is 2.92. The molecular weight excluding hydrogens is 415 g/mol.